The van der Waals surface area contributed by atoms with Gasteiger partial charge in [0.25, 0.3) is 0 Å². The van der Waals surface area contributed by atoms with E-state index in [1.165, 1.54) is 4.31 Å². The Morgan fingerprint density at radius 3 is 2.48 bits per heavy atom. The molecule has 1 aromatic carbocycles. The molecule has 0 saturated carbocycles. The zero-order valence-corrected chi connectivity index (χ0v) is 16.1. The van der Waals surface area contributed by atoms with Crippen molar-refractivity contribution in [1.29, 1.82) is 0 Å². The van der Waals surface area contributed by atoms with E-state index < -0.39 is 10.0 Å². The summed E-state index contributed by atoms with van der Waals surface area (Å²) in [6, 6.07) is 7.05. The van der Waals surface area contributed by atoms with E-state index in [0.29, 0.717) is 32.5 Å². The third-order valence-corrected chi connectivity index (χ3v) is 6.44. The molecule has 1 aliphatic rings. The molecular formula is C18H29N3O3S. The maximum atomic E-state index is 12.9. The van der Waals surface area contributed by atoms with Gasteiger partial charge in [-0.15, -0.1) is 0 Å². The monoisotopic (exact) mass is 367 g/mol. The van der Waals surface area contributed by atoms with Crippen LogP contribution in [0.2, 0.25) is 0 Å². The second-order valence-corrected chi connectivity index (χ2v) is 9.49. The third-order valence-electron chi connectivity index (χ3n) is 4.56. The molecule has 1 amide bonds. The van der Waals surface area contributed by atoms with Crippen LogP contribution < -0.4 is 11.1 Å². The molecule has 0 bridgehead atoms. The average molecular weight is 368 g/mol. The van der Waals surface area contributed by atoms with Crippen molar-refractivity contribution in [2.24, 2.45) is 11.7 Å². The Morgan fingerprint density at radius 1 is 1.28 bits per heavy atom. The fraction of sp³-hybridized carbons (Fsp3) is 0.611. The van der Waals surface area contributed by atoms with Crippen LogP contribution in [0.4, 0.5) is 0 Å². The van der Waals surface area contributed by atoms with E-state index >= 15 is 0 Å². The Labute approximate surface area is 150 Å². The second kappa shape index (κ2) is 7.85. The van der Waals surface area contributed by atoms with Crippen LogP contribution in [-0.2, 0) is 20.2 Å². The van der Waals surface area contributed by atoms with E-state index in [0.717, 1.165) is 5.56 Å². The van der Waals surface area contributed by atoms with Crippen LogP contribution in [-0.4, -0.2) is 44.8 Å². The molecule has 1 aliphatic heterocycles. The number of nitrogens with two attached hydrogens (primary N) is 1. The van der Waals surface area contributed by atoms with E-state index in [-0.39, 0.29) is 28.7 Å². The Bertz CT molecular complexity index is 693. The lowest BCUT2D eigenvalue weighted by Gasteiger charge is -2.31. The maximum Gasteiger partial charge on any atom is 0.243 e. The van der Waals surface area contributed by atoms with Gasteiger partial charge in [-0.05, 0) is 36.0 Å². The molecule has 6 nitrogen and oxygen atoms in total. The number of rotatable bonds is 5. The van der Waals surface area contributed by atoms with Crippen molar-refractivity contribution in [3.8, 4) is 0 Å². The number of piperidine rings is 1. The normalized spacial score (nSPS) is 19.6. The number of sulfonamides is 1. The molecule has 140 valence electrons. The second-order valence-electron chi connectivity index (χ2n) is 7.56. The molecule has 2 rings (SSSR count). The Morgan fingerprint density at radius 2 is 1.92 bits per heavy atom. The zero-order valence-electron chi connectivity index (χ0n) is 15.3. The fourth-order valence-corrected chi connectivity index (χ4v) is 4.51. The Hall–Kier alpha value is -1.44. The lowest BCUT2D eigenvalue weighted by molar-refractivity contribution is -0.126. The number of hydrogen-bond donors (Lipinski definition) is 2. The number of amides is 1. The van der Waals surface area contributed by atoms with Crippen LogP contribution in [0.1, 0.15) is 39.2 Å². The van der Waals surface area contributed by atoms with Gasteiger partial charge < -0.3 is 11.1 Å². The van der Waals surface area contributed by atoms with Crippen molar-refractivity contribution < 1.29 is 13.2 Å². The summed E-state index contributed by atoms with van der Waals surface area (Å²) in [4.78, 5) is 12.4. The van der Waals surface area contributed by atoms with Gasteiger partial charge in [-0.2, -0.15) is 4.31 Å². The minimum absolute atomic E-state index is 0.0282. The molecule has 1 heterocycles. The lowest BCUT2D eigenvalue weighted by atomic mass is 9.87. The predicted molar refractivity (Wildman–Crippen MR) is 98.7 cm³/mol. The molecule has 1 saturated heterocycles. The van der Waals surface area contributed by atoms with Gasteiger partial charge >= 0.3 is 0 Å². The molecule has 7 heteroatoms. The third kappa shape index (κ3) is 4.80. The molecule has 0 aliphatic carbocycles. The molecule has 0 spiro atoms. The quantitative estimate of drug-likeness (QED) is 0.824. The van der Waals surface area contributed by atoms with Crippen LogP contribution in [0.25, 0.3) is 0 Å². The average Bonchev–Trinajstić information content (AvgIpc) is 2.59. The van der Waals surface area contributed by atoms with Crippen molar-refractivity contribution in [2.75, 3.05) is 26.2 Å². The van der Waals surface area contributed by atoms with Crippen LogP contribution in [0, 0.1) is 5.92 Å². The highest BCUT2D eigenvalue weighted by molar-refractivity contribution is 7.89. The van der Waals surface area contributed by atoms with Gasteiger partial charge in [-0.25, -0.2) is 8.42 Å². The first-order valence-electron chi connectivity index (χ1n) is 8.74. The highest BCUT2D eigenvalue weighted by Crippen LogP contribution is 2.27. The molecule has 1 atom stereocenters. The summed E-state index contributed by atoms with van der Waals surface area (Å²) in [5, 5.41) is 2.75. The van der Waals surface area contributed by atoms with Gasteiger partial charge in [-0.3, -0.25) is 4.79 Å². The number of hydrogen-bond acceptors (Lipinski definition) is 4. The highest BCUT2D eigenvalue weighted by Gasteiger charge is 2.33. The molecule has 3 N–H and O–H groups in total. The summed E-state index contributed by atoms with van der Waals surface area (Å²) < 4.78 is 27.2. The summed E-state index contributed by atoms with van der Waals surface area (Å²) in [7, 11) is -3.58. The van der Waals surface area contributed by atoms with E-state index in [1.807, 2.05) is 12.1 Å². The van der Waals surface area contributed by atoms with Crippen LogP contribution in [0.3, 0.4) is 0 Å². The SMILES string of the molecule is CC(C)(C)c1ccc(S(=O)(=O)N2CCCC(C(=O)NCCN)C2)cc1. The first-order chi connectivity index (χ1) is 11.7. The largest absolute Gasteiger partial charge is 0.355 e. The van der Waals surface area contributed by atoms with Gasteiger partial charge in [0, 0.05) is 26.2 Å². The predicted octanol–water partition coefficient (Wildman–Crippen LogP) is 1.46. The molecule has 1 unspecified atom stereocenters. The molecule has 1 fully saturated rings. The number of benzene rings is 1. The number of carbonyl (C=O) groups excluding carboxylic acids is 1. The van der Waals surface area contributed by atoms with Gasteiger partial charge in [0.05, 0.1) is 10.8 Å². The van der Waals surface area contributed by atoms with Crippen molar-refractivity contribution in [3.63, 3.8) is 0 Å². The van der Waals surface area contributed by atoms with E-state index in [9.17, 15) is 13.2 Å². The van der Waals surface area contributed by atoms with Gasteiger partial charge in [0.15, 0.2) is 0 Å². The van der Waals surface area contributed by atoms with Crippen molar-refractivity contribution in [2.45, 2.75) is 43.9 Å². The zero-order chi connectivity index (χ0) is 18.7. The van der Waals surface area contributed by atoms with E-state index in [4.69, 9.17) is 5.73 Å². The maximum absolute atomic E-state index is 12.9. The smallest absolute Gasteiger partial charge is 0.243 e. The highest BCUT2D eigenvalue weighted by atomic mass is 32.2. The summed E-state index contributed by atoms with van der Waals surface area (Å²) in [6.07, 6.45) is 1.38. The molecule has 0 aromatic heterocycles. The first-order valence-corrected chi connectivity index (χ1v) is 10.2. The molecule has 0 radical (unpaired) electrons. The van der Waals surface area contributed by atoms with Crippen molar-refractivity contribution in [1.82, 2.24) is 9.62 Å². The summed E-state index contributed by atoms with van der Waals surface area (Å²) >= 11 is 0. The van der Waals surface area contributed by atoms with Gasteiger partial charge in [-0.1, -0.05) is 32.9 Å². The van der Waals surface area contributed by atoms with Crippen LogP contribution in [0.5, 0.6) is 0 Å². The fourth-order valence-electron chi connectivity index (χ4n) is 2.99. The van der Waals surface area contributed by atoms with Crippen LogP contribution >= 0.6 is 0 Å². The topological polar surface area (TPSA) is 92.5 Å². The minimum atomic E-state index is -3.58. The lowest BCUT2D eigenvalue weighted by Crippen LogP contribution is -2.46. The summed E-state index contributed by atoms with van der Waals surface area (Å²) in [5.41, 5.74) is 6.46. The number of carbonyl (C=O) groups is 1. The molecular weight excluding hydrogens is 338 g/mol. The molecule has 1 aromatic rings. The molecule has 25 heavy (non-hydrogen) atoms. The van der Waals surface area contributed by atoms with E-state index in [1.54, 1.807) is 12.1 Å². The van der Waals surface area contributed by atoms with Crippen molar-refractivity contribution >= 4 is 15.9 Å². The first kappa shape index (κ1) is 19.9. The standard InChI is InChI=1S/C18H29N3O3S/c1-18(2,3)15-6-8-16(9-7-15)25(23,24)21-12-4-5-14(13-21)17(22)20-11-10-19/h6-9,14H,4-5,10-13,19H2,1-3H3,(H,20,22). The Kier molecular flexibility index (Phi) is 6.24. The van der Waals surface area contributed by atoms with Gasteiger partial charge in [0.1, 0.15) is 0 Å². The van der Waals surface area contributed by atoms with Crippen LogP contribution in [0.15, 0.2) is 29.2 Å². The number of nitrogens with one attached hydrogen (secondary N) is 1. The van der Waals surface area contributed by atoms with E-state index in [2.05, 4.69) is 26.1 Å². The van der Waals surface area contributed by atoms with Gasteiger partial charge in [0.2, 0.25) is 15.9 Å². The number of nitrogens with zero attached hydrogens (tertiary/aromatic N) is 1. The Balaban J connectivity index is 2.14. The minimum Gasteiger partial charge on any atom is -0.355 e. The summed E-state index contributed by atoms with van der Waals surface area (Å²) in [5.74, 6) is -0.433. The van der Waals surface area contributed by atoms with Crippen molar-refractivity contribution in [3.05, 3.63) is 29.8 Å². The summed E-state index contributed by atoms with van der Waals surface area (Å²) in [6.45, 7) is 7.73.